The van der Waals surface area contributed by atoms with Crippen molar-refractivity contribution in [1.82, 2.24) is 4.98 Å². The third kappa shape index (κ3) is 1.76. The maximum atomic E-state index is 4.31. The molecule has 0 saturated heterocycles. The highest BCUT2D eigenvalue weighted by Gasteiger charge is 2.25. The highest BCUT2D eigenvalue weighted by atomic mass is 15.0. The van der Waals surface area contributed by atoms with Crippen LogP contribution in [0.25, 0.3) is 0 Å². The average molecular weight is 151 g/mol. The average Bonchev–Trinajstić information content (AvgIpc) is 1.86. The molecule has 1 aromatic heterocycles. The summed E-state index contributed by atoms with van der Waals surface area (Å²) in [4.78, 5) is 4.31. The Morgan fingerprint density at radius 3 is 2.36 bits per heavy atom. The summed E-state index contributed by atoms with van der Waals surface area (Å²) in [6.45, 7) is 6.49. The van der Waals surface area contributed by atoms with E-state index in [4.69, 9.17) is 0 Å². The van der Waals surface area contributed by atoms with Crippen molar-refractivity contribution >= 4 is 0 Å². The lowest BCUT2D eigenvalue weighted by molar-refractivity contribution is -0.685. The molecule has 1 aromatic rings. The molecule has 0 N–H and O–H groups in total. The van der Waals surface area contributed by atoms with Gasteiger partial charge in [-0.05, 0) is 20.8 Å². The SMILES string of the molecule is C[n+]1cccnc1C(C)(C)C. The minimum atomic E-state index is 0.135. The van der Waals surface area contributed by atoms with Crippen LogP contribution < -0.4 is 4.57 Å². The molecule has 0 aliphatic heterocycles. The van der Waals surface area contributed by atoms with E-state index in [2.05, 4.69) is 30.3 Å². The molecule has 0 spiro atoms. The number of aryl methyl sites for hydroxylation is 1. The van der Waals surface area contributed by atoms with Gasteiger partial charge in [0.25, 0.3) is 0 Å². The quantitative estimate of drug-likeness (QED) is 0.509. The summed E-state index contributed by atoms with van der Waals surface area (Å²) in [6, 6.07) is 1.94. The van der Waals surface area contributed by atoms with Crippen molar-refractivity contribution in [2.75, 3.05) is 0 Å². The standard InChI is InChI=1S/C9H15N2/c1-9(2,3)8-10-6-5-7-11(8)4/h5-7H,1-4H3/q+1. The summed E-state index contributed by atoms with van der Waals surface area (Å²) >= 11 is 0. The fraction of sp³-hybridized carbons (Fsp3) is 0.556. The monoisotopic (exact) mass is 151 g/mol. The maximum Gasteiger partial charge on any atom is 0.303 e. The van der Waals surface area contributed by atoms with E-state index in [-0.39, 0.29) is 5.41 Å². The fourth-order valence-electron chi connectivity index (χ4n) is 1.17. The second kappa shape index (κ2) is 2.61. The Morgan fingerprint density at radius 1 is 1.36 bits per heavy atom. The zero-order chi connectivity index (χ0) is 8.48. The van der Waals surface area contributed by atoms with Crippen LogP contribution in [-0.2, 0) is 12.5 Å². The summed E-state index contributed by atoms with van der Waals surface area (Å²) in [6.07, 6.45) is 3.86. The first-order valence-electron chi connectivity index (χ1n) is 3.83. The lowest BCUT2D eigenvalue weighted by atomic mass is 9.95. The van der Waals surface area contributed by atoms with Crippen LogP contribution in [0.1, 0.15) is 26.6 Å². The Kier molecular flexibility index (Phi) is 1.94. The predicted molar refractivity (Wildman–Crippen MR) is 44.1 cm³/mol. The topological polar surface area (TPSA) is 16.8 Å². The number of aromatic nitrogens is 2. The van der Waals surface area contributed by atoms with Crippen LogP contribution in [0.4, 0.5) is 0 Å². The smallest absolute Gasteiger partial charge is 0.237 e. The highest BCUT2D eigenvalue weighted by molar-refractivity contribution is 4.94. The highest BCUT2D eigenvalue weighted by Crippen LogP contribution is 2.14. The van der Waals surface area contributed by atoms with Crippen molar-refractivity contribution in [2.24, 2.45) is 7.05 Å². The summed E-state index contributed by atoms with van der Waals surface area (Å²) in [5.74, 6) is 1.11. The van der Waals surface area contributed by atoms with Crippen LogP contribution >= 0.6 is 0 Å². The number of nitrogens with zero attached hydrogens (tertiary/aromatic N) is 2. The lowest BCUT2D eigenvalue weighted by Gasteiger charge is -2.12. The van der Waals surface area contributed by atoms with Gasteiger partial charge in [0.1, 0.15) is 6.20 Å². The summed E-state index contributed by atoms with van der Waals surface area (Å²) in [5, 5.41) is 0. The molecule has 1 heterocycles. The molecule has 2 nitrogen and oxygen atoms in total. The summed E-state index contributed by atoms with van der Waals surface area (Å²) < 4.78 is 2.06. The molecule has 0 saturated carbocycles. The van der Waals surface area contributed by atoms with E-state index in [1.54, 1.807) is 0 Å². The largest absolute Gasteiger partial charge is 0.303 e. The molecule has 2 heteroatoms. The van der Waals surface area contributed by atoms with Gasteiger partial charge < -0.3 is 0 Å². The zero-order valence-corrected chi connectivity index (χ0v) is 7.63. The summed E-state index contributed by atoms with van der Waals surface area (Å²) in [5.41, 5.74) is 0.135. The Morgan fingerprint density at radius 2 is 2.00 bits per heavy atom. The van der Waals surface area contributed by atoms with Crippen LogP contribution in [0.15, 0.2) is 18.5 Å². The van der Waals surface area contributed by atoms with Gasteiger partial charge in [-0.3, -0.25) is 0 Å². The molecule has 1 rings (SSSR count). The molecule has 0 unspecified atom stereocenters. The Labute approximate surface area is 67.9 Å². The molecule has 0 aliphatic rings. The molecule has 0 aromatic carbocycles. The minimum Gasteiger partial charge on any atom is -0.237 e. The van der Waals surface area contributed by atoms with Gasteiger partial charge in [0.05, 0.1) is 18.7 Å². The van der Waals surface area contributed by atoms with Crippen molar-refractivity contribution in [2.45, 2.75) is 26.2 Å². The number of hydrogen-bond donors (Lipinski definition) is 0. The van der Waals surface area contributed by atoms with Gasteiger partial charge in [0.15, 0.2) is 0 Å². The first-order valence-corrected chi connectivity index (χ1v) is 3.83. The van der Waals surface area contributed by atoms with E-state index in [1.807, 2.05) is 25.5 Å². The third-order valence-electron chi connectivity index (χ3n) is 1.60. The first-order chi connectivity index (χ1) is 5.02. The molecule has 0 aliphatic carbocycles. The molecule has 0 amide bonds. The molecular weight excluding hydrogens is 136 g/mol. The Hall–Kier alpha value is -0.920. The van der Waals surface area contributed by atoms with E-state index in [9.17, 15) is 0 Å². The van der Waals surface area contributed by atoms with E-state index in [0.29, 0.717) is 0 Å². The molecule has 0 bridgehead atoms. The van der Waals surface area contributed by atoms with Crippen LogP contribution in [0.5, 0.6) is 0 Å². The van der Waals surface area contributed by atoms with Crippen LogP contribution in [0.3, 0.4) is 0 Å². The normalized spacial score (nSPS) is 11.6. The van der Waals surface area contributed by atoms with Gasteiger partial charge in [-0.15, -0.1) is 0 Å². The van der Waals surface area contributed by atoms with Crippen LogP contribution in [0, 0.1) is 0 Å². The number of rotatable bonds is 0. The molecule has 11 heavy (non-hydrogen) atoms. The molecule has 0 atom stereocenters. The van der Waals surface area contributed by atoms with E-state index >= 15 is 0 Å². The second-order valence-electron chi connectivity index (χ2n) is 3.80. The van der Waals surface area contributed by atoms with Crippen LogP contribution in [-0.4, -0.2) is 4.98 Å². The third-order valence-corrected chi connectivity index (χ3v) is 1.60. The maximum absolute atomic E-state index is 4.31. The second-order valence-corrected chi connectivity index (χ2v) is 3.80. The van der Waals surface area contributed by atoms with Crippen molar-refractivity contribution in [3.63, 3.8) is 0 Å². The Balaban J connectivity index is 3.14. The van der Waals surface area contributed by atoms with Crippen molar-refractivity contribution in [1.29, 1.82) is 0 Å². The van der Waals surface area contributed by atoms with Crippen molar-refractivity contribution in [3.05, 3.63) is 24.3 Å². The minimum absolute atomic E-state index is 0.135. The van der Waals surface area contributed by atoms with Gasteiger partial charge in [-0.25, -0.2) is 4.57 Å². The van der Waals surface area contributed by atoms with E-state index in [0.717, 1.165) is 5.82 Å². The van der Waals surface area contributed by atoms with Gasteiger partial charge in [-0.2, -0.15) is 0 Å². The van der Waals surface area contributed by atoms with Crippen molar-refractivity contribution in [3.8, 4) is 0 Å². The zero-order valence-electron chi connectivity index (χ0n) is 7.63. The van der Waals surface area contributed by atoms with Crippen molar-refractivity contribution < 1.29 is 4.57 Å². The predicted octanol–water partition coefficient (Wildman–Crippen LogP) is 1.20. The van der Waals surface area contributed by atoms with E-state index in [1.165, 1.54) is 0 Å². The first kappa shape index (κ1) is 8.18. The van der Waals surface area contributed by atoms with E-state index < -0.39 is 0 Å². The Bertz CT molecular complexity index is 248. The summed E-state index contributed by atoms with van der Waals surface area (Å²) in [7, 11) is 2.02. The van der Waals surface area contributed by atoms with Crippen LogP contribution in [0.2, 0.25) is 0 Å². The molecule has 60 valence electrons. The molecular formula is C9H15N2+. The molecule has 0 fully saturated rings. The van der Waals surface area contributed by atoms with Gasteiger partial charge in [-0.1, -0.05) is 4.98 Å². The van der Waals surface area contributed by atoms with Gasteiger partial charge in [0.2, 0.25) is 0 Å². The number of hydrogen-bond acceptors (Lipinski definition) is 1. The fourth-order valence-corrected chi connectivity index (χ4v) is 1.17. The van der Waals surface area contributed by atoms with Gasteiger partial charge in [0, 0.05) is 6.07 Å². The molecule has 0 radical (unpaired) electrons. The van der Waals surface area contributed by atoms with Gasteiger partial charge >= 0.3 is 5.82 Å². The lowest BCUT2D eigenvalue weighted by Crippen LogP contribution is -2.40.